The minimum absolute atomic E-state index is 0.0838. The van der Waals surface area contributed by atoms with E-state index < -0.39 is 0 Å². The van der Waals surface area contributed by atoms with Crippen molar-refractivity contribution in [3.8, 4) is 0 Å². The molecule has 0 atom stereocenters. The van der Waals surface area contributed by atoms with Crippen LogP contribution in [0.5, 0.6) is 0 Å². The molecule has 5 rings (SSSR count). The van der Waals surface area contributed by atoms with E-state index in [1.54, 1.807) is 4.90 Å². The standard InChI is InChI=1S/C34H30N2O2/c1-26-13-17-28(18-14-26)25-38-36(32-11-7-4-8-12-32)33-23-21-31(22-24-33)35(30-9-5-3-6-10-30)34(37)29-19-15-27(2)16-20-29/h3-24H,25H2,1-2H3. The van der Waals surface area contributed by atoms with Crippen molar-refractivity contribution in [3.05, 3.63) is 156 Å². The van der Waals surface area contributed by atoms with Crippen LogP contribution in [0.2, 0.25) is 0 Å². The van der Waals surface area contributed by atoms with Crippen LogP contribution in [-0.2, 0) is 11.4 Å². The van der Waals surface area contributed by atoms with Gasteiger partial charge in [0.1, 0.15) is 6.61 Å². The van der Waals surface area contributed by atoms with Crippen molar-refractivity contribution in [2.45, 2.75) is 20.5 Å². The summed E-state index contributed by atoms with van der Waals surface area (Å²) in [5, 5.41) is 1.83. The number of anilines is 4. The van der Waals surface area contributed by atoms with Gasteiger partial charge in [0.15, 0.2) is 0 Å². The second kappa shape index (κ2) is 11.6. The van der Waals surface area contributed by atoms with Crippen LogP contribution in [0.1, 0.15) is 27.0 Å². The van der Waals surface area contributed by atoms with Crippen LogP contribution in [0, 0.1) is 13.8 Å². The van der Waals surface area contributed by atoms with Gasteiger partial charge in [-0.25, -0.2) is 5.06 Å². The number of rotatable bonds is 8. The number of benzene rings is 5. The quantitative estimate of drug-likeness (QED) is 0.201. The van der Waals surface area contributed by atoms with Crippen LogP contribution >= 0.6 is 0 Å². The predicted octanol–water partition coefficient (Wildman–Crippen LogP) is 8.55. The van der Waals surface area contributed by atoms with E-state index in [0.717, 1.165) is 33.9 Å². The van der Waals surface area contributed by atoms with E-state index >= 15 is 0 Å². The van der Waals surface area contributed by atoms with Crippen LogP contribution in [0.15, 0.2) is 133 Å². The first-order chi connectivity index (χ1) is 18.6. The summed E-state index contributed by atoms with van der Waals surface area (Å²) in [4.78, 5) is 21.7. The van der Waals surface area contributed by atoms with E-state index in [-0.39, 0.29) is 5.91 Å². The predicted molar refractivity (Wildman–Crippen MR) is 155 cm³/mol. The summed E-state index contributed by atoms with van der Waals surface area (Å²) in [5.74, 6) is -0.0838. The lowest BCUT2D eigenvalue weighted by molar-refractivity contribution is 0.0999. The lowest BCUT2D eigenvalue weighted by Crippen LogP contribution is -2.26. The SMILES string of the molecule is Cc1ccc(CON(c2ccccc2)c2ccc(N(C(=O)c3ccc(C)cc3)c3ccccc3)cc2)cc1. The Hall–Kier alpha value is -4.67. The number of nitrogens with zero attached hydrogens (tertiary/aromatic N) is 2. The maximum absolute atomic E-state index is 13.7. The highest BCUT2D eigenvalue weighted by molar-refractivity contribution is 6.11. The van der Waals surface area contributed by atoms with Crippen LogP contribution in [0.25, 0.3) is 0 Å². The molecule has 0 spiro atoms. The van der Waals surface area contributed by atoms with Gasteiger partial charge in [-0.2, -0.15) is 0 Å². The van der Waals surface area contributed by atoms with Crippen molar-refractivity contribution in [2.24, 2.45) is 0 Å². The monoisotopic (exact) mass is 498 g/mol. The van der Waals surface area contributed by atoms with Gasteiger partial charge in [-0.1, -0.05) is 83.9 Å². The number of carbonyl (C=O) groups is 1. The van der Waals surface area contributed by atoms with Gasteiger partial charge >= 0.3 is 0 Å². The van der Waals surface area contributed by atoms with E-state index in [9.17, 15) is 4.79 Å². The van der Waals surface area contributed by atoms with Crippen LogP contribution in [0.3, 0.4) is 0 Å². The Balaban J connectivity index is 1.46. The Morgan fingerprint density at radius 3 is 1.58 bits per heavy atom. The zero-order valence-corrected chi connectivity index (χ0v) is 21.6. The number of carbonyl (C=O) groups excluding carboxylic acids is 1. The smallest absolute Gasteiger partial charge is 0.262 e. The van der Waals surface area contributed by atoms with Gasteiger partial charge in [-0.15, -0.1) is 0 Å². The molecule has 38 heavy (non-hydrogen) atoms. The maximum Gasteiger partial charge on any atom is 0.262 e. The Morgan fingerprint density at radius 1 is 0.553 bits per heavy atom. The van der Waals surface area contributed by atoms with E-state index in [2.05, 4.69) is 31.2 Å². The molecule has 0 saturated heterocycles. The summed E-state index contributed by atoms with van der Waals surface area (Å²) in [6.45, 7) is 4.52. The largest absolute Gasteiger partial charge is 0.277 e. The average Bonchev–Trinajstić information content (AvgIpc) is 2.96. The molecule has 0 radical (unpaired) electrons. The Kier molecular flexibility index (Phi) is 7.62. The Labute approximate surface area is 224 Å². The molecule has 0 bridgehead atoms. The first-order valence-corrected chi connectivity index (χ1v) is 12.7. The first kappa shape index (κ1) is 25.0. The molecule has 1 amide bonds. The van der Waals surface area contributed by atoms with Crippen molar-refractivity contribution in [3.63, 3.8) is 0 Å². The summed E-state index contributed by atoms with van der Waals surface area (Å²) < 4.78 is 0. The molecule has 5 aromatic rings. The highest BCUT2D eigenvalue weighted by atomic mass is 16.7. The molecule has 4 heteroatoms. The van der Waals surface area contributed by atoms with Crippen molar-refractivity contribution >= 4 is 28.7 Å². The van der Waals surface area contributed by atoms with Crippen molar-refractivity contribution in [1.29, 1.82) is 0 Å². The number of aryl methyl sites for hydroxylation is 2. The molecule has 0 aliphatic rings. The highest BCUT2D eigenvalue weighted by Crippen LogP contribution is 2.32. The Morgan fingerprint density at radius 2 is 1.00 bits per heavy atom. The number of hydrogen-bond acceptors (Lipinski definition) is 3. The van der Waals surface area contributed by atoms with E-state index in [1.165, 1.54) is 5.56 Å². The fraction of sp³-hybridized carbons (Fsp3) is 0.0882. The number of hydrogen-bond donors (Lipinski definition) is 0. The van der Waals surface area contributed by atoms with Crippen molar-refractivity contribution < 1.29 is 9.63 Å². The van der Waals surface area contributed by atoms with Gasteiger partial charge in [0.05, 0.1) is 11.4 Å². The zero-order valence-electron chi connectivity index (χ0n) is 21.6. The highest BCUT2D eigenvalue weighted by Gasteiger charge is 2.20. The third-order valence-electron chi connectivity index (χ3n) is 6.33. The molecule has 0 unspecified atom stereocenters. The topological polar surface area (TPSA) is 32.8 Å². The summed E-state index contributed by atoms with van der Waals surface area (Å²) in [6, 6.07) is 43.6. The first-order valence-electron chi connectivity index (χ1n) is 12.7. The third-order valence-corrected chi connectivity index (χ3v) is 6.33. The molecule has 0 saturated carbocycles. The van der Waals surface area contributed by atoms with Gasteiger partial charge in [-0.3, -0.25) is 14.5 Å². The van der Waals surface area contributed by atoms with Gasteiger partial charge < -0.3 is 0 Å². The van der Waals surface area contributed by atoms with E-state index in [1.807, 2.05) is 121 Å². The molecule has 0 heterocycles. The van der Waals surface area contributed by atoms with Gasteiger partial charge in [-0.05, 0) is 80.1 Å². The van der Waals surface area contributed by atoms with Crippen molar-refractivity contribution in [2.75, 3.05) is 9.96 Å². The second-order valence-corrected chi connectivity index (χ2v) is 9.25. The van der Waals surface area contributed by atoms with E-state index in [4.69, 9.17) is 4.84 Å². The fourth-order valence-electron chi connectivity index (χ4n) is 4.21. The lowest BCUT2D eigenvalue weighted by Gasteiger charge is -2.26. The average molecular weight is 499 g/mol. The molecule has 0 aliphatic heterocycles. The minimum Gasteiger partial charge on any atom is -0.277 e. The fourth-order valence-corrected chi connectivity index (χ4v) is 4.21. The summed E-state index contributed by atoms with van der Waals surface area (Å²) in [5.41, 5.74) is 7.42. The summed E-state index contributed by atoms with van der Waals surface area (Å²) >= 11 is 0. The van der Waals surface area contributed by atoms with Gasteiger partial charge in [0.2, 0.25) is 0 Å². The summed E-state index contributed by atoms with van der Waals surface area (Å²) in [6.07, 6.45) is 0. The number of para-hydroxylation sites is 2. The molecular weight excluding hydrogens is 468 g/mol. The zero-order chi connectivity index (χ0) is 26.3. The molecule has 5 aromatic carbocycles. The van der Waals surface area contributed by atoms with Gasteiger partial charge in [0, 0.05) is 16.9 Å². The second-order valence-electron chi connectivity index (χ2n) is 9.25. The van der Waals surface area contributed by atoms with Crippen LogP contribution < -0.4 is 9.96 Å². The molecule has 0 aliphatic carbocycles. The molecule has 0 aromatic heterocycles. The molecule has 0 fully saturated rings. The third kappa shape index (κ3) is 5.83. The van der Waals surface area contributed by atoms with Crippen LogP contribution in [0.4, 0.5) is 22.7 Å². The molecule has 4 nitrogen and oxygen atoms in total. The normalized spacial score (nSPS) is 10.7. The minimum atomic E-state index is -0.0838. The maximum atomic E-state index is 13.7. The molecule has 188 valence electrons. The lowest BCUT2D eigenvalue weighted by atomic mass is 10.1. The van der Waals surface area contributed by atoms with Gasteiger partial charge in [0.25, 0.3) is 5.91 Å². The van der Waals surface area contributed by atoms with Crippen LogP contribution in [-0.4, -0.2) is 5.91 Å². The summed E-state index contributed by atoms with van der Waals surface area (Å²) in [7, 11) is 0. The Bertz CT molecular complexity index is 1460. The molecule has 0 N–H and O–H groups in total. The molecular formula is C34H30N2O2. The van der Waals surface area contributed by atoms with Crippen molar-refractivity contribution in [1.82, 2.24) is 0 Å². The van der Waals surface area contributed by atoms with E-state index in [0.29, 0.717) is 12.2 Å². The number of amides is 1.